The maximum Gasteiger partial charge on any atom is -0.00266 e. The summed E-state index contributed by atoms with van der Waals surface area (Å²) in [5.41, 5.74) is 7.29. The van der Waals surface area contributed by atoms with Gasteiger partial charge in [0, 0.05) is 0 Å². The zero-order chi connectivity index (χ0) is 27.9. The molecule has 0 aliphatic rings. The summed E-state index contributed by atoms with van der Waals surface area (Å²) in [6, 6.07) is 62.0. The fourth-order valence-corrected chi connectivity index (χ4v) is 6.31. The highest BCUT2D eigenvalue weighted by Crippen LogP contribution is 2.39. The molecule has 0 bridgehead atoms. The van der Waals surface area contributed by atoms with Gasteiger partial charge in [-0.05, 0) is 113 Å². The minimum Gasteiger partial charge on any atom is -0.0622 e. The van der Waals surface area contributed by atoms with Crippen LogP contribution in [0.3, 0.4) is 0 Å². The first kappa shape index (κ1) is 24.3. The van der Waals surface area contributed by atoms with E-state index in [9.17, 15) is 0 Å². The monoisotopic (exact) mass is 532 g/mol. The van der Waals surface area contributed by atoms with Gasteiger partial charge in [-0.25, -0.2) is 0 Å². The van der Waals surface area contributed by atoms with Crippen LogP contribution in [0.15, 0.2) is 170 Å². The van der Waals surface area contributed by atoms with Gasteiger partial charge in [-0.3, -0.25) is 0 Å². The molecule has 0 saturated heterocycles. The molecule has 0 radical (unpaired) electrons. The summed E-state index contributed by atoms with van der Waals surface area (Å²) in [5, 5.41) is 10.1. The van der Waals surface area contributed by atoms with E-state index < -0.39 is 0 Å². The number of rotatable bonds is 4. The summed E-state index contributed by atoms with van der Waals surface area (Å²) < 4.78 is 0. The van der Waals surface area contributed by atoms with Crippen LogP contribution in [-0.4, -0.2) is 0 Å². The molecule has 0 heterocycles. The van der Waals surface area contributed by atoms with Gasteiger partial charge in [-0.15, -0.1) is 0 Å². The minimum atomic E-state index is 1.20. The lowest BCUT2D eigenvalue weighted by atomic mass is 9.84. The molecular formula is C42H28. The van der Waals surface area contributed by atoms with E-state index in [1.807, 2.05) is 0 Å². The lowest BCUT2D eigenvalue weighted by Gasteiger charge is -2.19. The summed E-state index contributed by atoms with van der Waals surface area (Å²) in [4.78, 5) is 0. The molecule has 42 heavy (non-hydrogen) atoms. The van der Waals surface area contributed by atoms with E-state index in [1.54, 1.807) is 0 Å². The molecule has 0 N–H and O–H groups in total. The van der Waals surface area contributed by atoms with Gasteiger partial charge < -0.3 is 0 Å². The first-order chi connectivity index (χ1) is 20.8. The van der Waals surface area contributed by atoms with Crippen molar-refractivity contribution >= 4 is 54.2 Å². The Labute approximate surface area is 245 Å². The topological polar surface area (TPSA) is 0 Å². The third-order valence-electron chi connectivity index (χ3n) is 8.36. The molecule has 196 valence electrons. The van der Waals surface area contributed by atoms with E-state index in [0.29, 0.717) is 0 Å². The van der Waals surface area contributed by atoms with E-state index >= 15 is 0 Å². The molecular weight excluding hydrogens is 504 g/mol. The summed E-state index contributed by atoms with van der Waals surface area (Å²) in [6.07, 6.45) is 0. The maximum absolute atomic E-state index is 2.36. The van der Waals surface area contributed by atoms with Crippen molar-refractivity contribution in [3.05, 3.63) is 192 Å². The fraction of sp³-hybridized carbons (Fsp3) is 0. The van der Waals surface area contributed by atoms with E-state index in [1.165, 1.54) is 76.5 Å². The largest absolute Gasteiger partial charge is 0.0622 e. The Balaban J connectivity index is 1.44. The second-order valence-electron chi connectivity index (χ2n) is 11.0. The Kier molecular flexibility index (Phi) is 5.90. The number of hydrogen-bond acceptors (Lipinski definition) is 0. The van der Waals surface area contributed by atoms with Crippen LogP contribution in [0.5, 0.6) is 0 Å². The van der Waals surface area contributed by atoms with E-state index in [4.69, 9.17) is 0 Å². The molecule has 0 aromatic heterocycles. The van der Waals surface area contributed by atoms with Crippen molar-refractivity contribution < 1.29 is 0 Å². The second-order valence-corrected chi connectivity index (χ2v) is 11.0. The van der Waals surface area contributed by atoms with Crippen LogP contribution in [0.25, 0.3) is 54.2 Å². The third kappa shape index (κ3) is 4.35. The van der Waals surface area contributed by atoms with Crippen LogP contribution in [0.4, 0.5) is 0 Å². The van der Waals surface area contributed by atoms with Gasteiger partial charge in [0.15, 0.2) is 0 Å². The zero-order valence-electron chi connectivity index (χ0n) is 23.2. The molecule has 0 saturated carbocycles. The summed E-state index contributed by atoms with van der Waals surface area (Å²) in [5.74, 6) is 0. The second kappa shape index (κ2) is 10.2. The molecule has 0 spiro atoms. The first-order valence-electron chi connectivity index (χ1n) is 14.5. The zero-order valence-corrected chi connectivity index (χ0v) is 23.2. The highest BCUT2D eigenvalue weighted by Gasteiger charge is 2.17. The maximum atomic E-state index is 2.36. The molecule has 0 atom stereocenters. The molecule has 0 amide bonds. The lowest BCUT2D eigenvalue weighted by Crippen LogP contribution is -1.98. The van der Waals surface area contributed by atoms with Crippen LogP contribution < -0.4 is 0 Å². The fourth-order valence-electron chi connectivity index (χ4n) is 6.31. The molecule has 8 aromatic carbocycles. The lowest BCUT2D eigenvalue weighted by molar-refractivity contribution is 1.52. The smallest absolute Gasteiger partial charge is 0.00266 e. The predicted molar refractivity (Wildman–Crippen MR) is 181 cm³/mol. The predicted octanol–water partition coefficient (Wildman–Crippen LogP) is 11.3. The van der Waals surface area contributed by atoms with Crippen molar-refractivity contribution in [3.8, 4) is 0 Å². The number of fused-ring (bicyclic) bond motifs is 4. The molecule has 0 aliphatic heterocycles. The van der Waals surface area contributed by atoms with Crippen molar-refractivity contribution in [3.63, 3.8) is 0 Å². The van der Waals surface area contributed by atoms with Crippen LogP contribution in [-0.2, 0) is 0 Å². The molecule has 0 heteroatoms. The van der Waals surface area contributed by atoms with Gasteiger partial charge in [-0.1, -0.05) is 133 Å². The Morgan fingerprint density at radius 3 is 0.905 bits per heavy atom. The van der Waals surface area contributed by atoms with Crippen molar-refractivity contribution in [2.24, 2.45) is 0 Å². The van der Waals surface area contributed by atoms with Gasteiger partial charge in [0.2, 0.25) is 0 Å². The average Bonchev–Trinajstić information content (AvgIpc) is 3.05. The van der Waals surface area contributed by atoms with Crippen molar-refractivity contribution in [1.82, 2.24) is 0 Å². The SMILES string of the molecule is c1ccc(/C(=C(/c2ccccc2)c2ccc3cc4ccccc4cc3c2)c2ccc3cc4ccccc4cc3c2)cc1. The Hall–Kier alpha value is -5.46. The van der Waals surface area contributed by atoms with E-state index in [-0.39, 0.29) is 0 Å². The highest BCUT2D eigenvalue weighted by molar-refractivity contribution is 6.08. The standard InChI is InChI=1S/C42H28/c1-3-11-29(12-4-1)41(37-21-19-35-23-31-15-7-9-17-33(31)25-39(35)27-37)42(30-13-5-2-6-14-30)38-22-20-36-24-32-16-8-10-18-34(32)26-40(36)28-38/h1-28H/b42-41+. The van der Waals surface area contributed by atoms with Gasteiger partial charge in [0.1, 0.15) is 0 Å². The van der Waals surface area contributed by atoms with Crippen molar-refractivity contribution in [1.29, 1.82) is 0 Å². The van der Waals surface area contributed by atoms with Gasteiger partial charge in [0.05, 0.1) is 0 Å². The number of hydrogen-bond donors (Lipinski definition) is 0. The van der Waals surface area contributed by atoms with Crippen molar-refractivity contribution in [2.45, 2.75) is 0 Å². The van der Waals surface area contributed by atoms with Crippen molar-refractivity contribution in [2.75, 3.05) is 0 Å². The first-order valence-corrected chi connectivity index (χ1v) is 14.5. The molecule has 0 unspecified atom stereocenters. The Morgan fingerprint density at radius 2 is 0.524 bits per heavy atom. The van der Waals surface area contributed by atoms with E-state index in [0.717, 1.165) is 0 Å². The van der Waals surface area contributed by atoms with Gasteiger partial charge in [-0.2, -0.15) is 0 Å². The number of benzene rings is 8. The van der Waals surface area contributed by atoms with Crippen LogP contribution >= 0.6 is 0 Å². The third-order valence-corrected chi connectivity index (χ3v) is 8.36. The molecule has 8 aromatic rings. The summed E-state index contributed by atoms with van der Waals surface area (Å²) in [6.45, 7) is 0. The minimum absolute atomic E-state index is 1.20. The highest BCUT2D eigenvalue weighted by atomic mass is 14.2. The summed E-state index contributed by atoms with van der Waals surface area (Å²) >= 11 is 0. The van der Waals surface area contributed by atoms with Crippen LogP contribution in [0, 0.1) is 0 Å². The van der Waals surface area contributed by atoms with Gasteiger partial charge in [0.25, 0.3) is 0 Å². The quantitative estimate of drug-likeness (QED) is 0.156. The molecule has 0 nitrogen and oxygen atoms in total. The van der Waals surface area contributed by atoms with E-state index in [2.05, 4.69) is 170 Å². The van der Waals surface area contributed by atoms with Crippen LogP contribution in [0.1, 0.15) is 22.3 Å². The Morgan fingerprint density at radius 1 is 0.214 bits per heavy atom. The molecule has 8 rings (SSSR count). The van der Waals surface area contributed by atoms with Gasteiger partial charge >= 0.3 is 0 Å². The van der Waals surface area contributed by atoms with Crippen LogP contribution in [0.2, 0.25) is 0 Å². The summed E-state index contributed by atoms with van der Waals surface area (Å²) in [7, 11) is 0. The molecule has 0 aliphatic carbocycles. The normalized spacial score (nSPS) is 12.2. The Bertz CT molecular complexity index is 2110. The molecule has 0 fully saturated rings. The average molecular weight is 533 g/mol.